The Morgan fingerprint density at radius 2 is 2.17 bits per heavy atom. The van der Waals surface area contributed by atoms with E-state index in [0.29, 0.717) is 6.04 Å². The van der Waals surface area contributed by atoms with Gasteiger partial charge in [-0.2, -0.15) is 0 Å². The Bertz CT molecular complexity index is 640. The van der Waals surface area contributed by atoms with Gasteiger partial charge >= 0.3 is 0 Å². The van der Waals surface area contributed by atoms with Crippen LogP contribution < -0.4 is 10.6 Å². The smallest absolute Gasteiger partial charge is 0.223 e. The van der Waals surface area contributed by atoms with Crippen LogP contribution in [0.15, 0.2) is 36.5 Å². The summed E-state index contributed by atoms with van der Waals surface area (Å²) in [6.07, 6.45) is 5.00. The molecule has 5 heteroatoms. The molecular weight excluding hydrogens is 310 g/mol. The maximum atomic E-state index is 12.2. The summed E-state index contributed by atoms with van der Waals surface area (Å²) in [6.45, 7) is 4.80. The highest BCUT2D eigenvalue weighted by atomic mass is 35.5. The number of aryl methyl sites for hydroxylation is 1. The third-order valence-electron chi connectivity index (χ3n) is 4.55. The van der Waals surface area contributed by atoms with Crippen molar-refractivity contribution in [1.29, 1.82) is 0 Å². The number of para-hydroxylation sites is 1. The molecule has 0 radical (unpaired) electrons. The highest BCUT2D eigenvalue weighted by Crippen LogP contribution is 2.17. The average molecular weight is 336 g/mol. The number of carbonyl (C=O) groups excluding carboxylic acids is 1. The van der Waals surface area contributed by atoms with Crippen LogP contribution in [0.5, 0.6) is 0 Å². The Balaban J connectivity index is 0.00000192. The van der Waals surface area contributed by atoms with Gasteiger partial charge in [0.2, 0.25) is 5.91 Å². The van der Waals surface area contributed by atoms with Crippen LogP contribution in [0.2, 0.25) is 0 Å². The maximum absolute atomic E-state index is 12.2. The summed E-state index contributed by atoms with van der Waals surface area (Å²) < 4.78 is 2.26. The first-order chi connectivity index (χ1) is 10.7. The Morgan fingerprint density at radius 3 is 3.00 bits per heavy atom. The molecule has 1 aliphatic heterocycles. The Morgan fingerprint density at radius 1 is 1.35 bits per heavy atom. The van der Waals surface area contributed by atoms with Crippen LogP contribution in [0.1, 0.15) is 26.2 Å². The van der Waals surface area contributed by atoms with Crippen molar-refractivity contribution in [3.63, 3.8) is 0 Å². The minimum atomic E-state index is 0. The van der Waals surface area contributed by atoms with E-state index < -0.39 is 0 Å². The molecule has 1 aromatic heterocycles. The number of hydrogen-bond acceptors (Lipinski definition) is 2. The van der Waals surface area contributed by atoms with Crippen LogP contribution in [0.25, 0.3) is 10.9 Å². The zero-order valence-corrected chi connectivity index (χ0v) is 14.4. The summed E-state index contributed by atoms with van der Waals surface area (Å²) in [5, 5.41) is 7.76. The van der Waals surface area contributed by atoms with E-state index in [0.717, 1.165) is 38.9 Å². The van der Waals surface area contributed by atoms with Crippen molar-refractivity contribution in [3.05, 3.63) is 36.5 Å². The molecule has 0 saturated carbocycles. The van der Waals surface area contributed by atoms with Crippen LogP contribution in [0.4, 0.5) is 0 Å². The third-order valence-corrected chi connectivity index (χ3v) is 4.55. The Hall–Kier alpha value is -1.52. The summed E-state index contributed by atoms with van der Waals surface area (Å²) in [7, 11) is 0. The zero-order chi connectivity index (χ0) is 15.4. The first-order valence-electron chi connectivity index (χ1n) is 8.29. The third kappa shape index (κ3) is 4.49. The number of fused-ring (bicyclic) bond motifs is 1. The van der Waals surface area contributed by atoms with E-state index >= 15 is 0 Å². The fourth-order valence-corrected chi connectivity index (χ4v) is 3.31. The summed E-state index contributed by atoms with van der Waals surface area (Å²) in [4.78, 5) is 12.2. The predicted octanol–water partition coefficient (Wildman–Crippen LogP) is 2.96. The lowest BCUT2D eigenvalue weighted by Crippen LogP contribution is -2.42. The zero-order valence-electron chi connectivity index (χ0n) is 13.6. The molecule has 1 aromatic carbocycles. The number of rotatable bonds is 5. The van der Waals surface area contributed by atoms with E-state index in [1.807, 2.05) is 0 Å². The first kappa shape index (κ1) is 17.8. The highest BCUT2D eigenvalue weighted by Gasteiger charge is 2.24. The van der Waals surface area contributed by atoms with Crippen molar-refractivity contribution in [2.24, 2.45) is 5.92 Å². The number of carbonyl (C=O) groups is 1. The molecule has 1 aliphatic rings. The van der Waals surface area contributed by atoms with Crippen molar-refractivity contribution in [1.82, 2.24) is 15.2 Å². The monoisotopic (exact) mass is 335 g/mol. The van der Waals surface area contributed by atoms with Gasteiger partial charge in [0.05, 0.1) is 0 Å². The van der Waals surface area contributed by atoms with E-state index in [2.05, 4.69) is 58.7 Å². The molecule has 2 N–H and O–H groups in total. The van der Waals surface area contributed by atoms with Gasteiger partial charge in [-0.1, -0.05) is 18.2 Å². The fourth-order valence-electron chi connectivity index (χ4n) is 3.31. The molecule has 126 valence electrons. The standard InChI is InChI=1S/C18H25N3O.ClH/c1-14-13-16(7-10-19-14)18(22)20-9-4-11-21-12-8-15-5-2-3-6-17(15)21;/h2-3,5-6,8,12,14,16,19H,4,7,9-11,13H2,1H3,(H,20,22);1H/t14-,16-;/m0./s1. The van der Waals surface area contributed by atoms with Crippen molar-refractivity contribution in [3.8, 4) is 0 Å². The van der Waals surface area contributed by atoms with Gasteiger partial charge in [0.15, 0.2) is 0 Å². The highest BCUT2D eigenvalue weighted by molar-refractivity contribution is 5.85. The summed E-state index contributed by atoms with van der Waals surface area (Å²) in [6, 6.07) is 11.0. The van der Waals surface area contributed by atoms with Crippen LogP contribution >= 0.6 is 12.4 Å². The number of aromatic nitrogens is 1. The number of amides is 1. The second-order valence-corrected chi connectivity index (χ2v) is 6.29. The summed E-state index contributed by atoms with van der Waals surface area (Å²) >= 11 is 0. The number of piperidine rings is 1. The summed E-state index contributed by atoms with van der Waals surface area (Å²) in [5.74, 6) is 0.411. The molecular formula is C18H26ClN3O. The lowest BCUT2D eigenvalue weighted by Gasteiger charge is -2.27. The Kier molecular flexibility index (Phi) is 6.48. The molecule has 0 bridgehead atoms. The molecule has 1 fully saturated rings. The minimum Gasteiger partial charge on any atom is -0.356 e. The van der Waals surface area contributed by atoms with Crippen LogP contribution in [0, 0.1) is 5.92 Å². The molecule has 4 nitrogen and oxygen atoms in total. The lowest BCUT2D eigenvalue weighted by atomic mass is 9.92. The molecule has 2 heterocycles. The lowest BCUT2D eigenvalue weighted by molar-refractivity contribution is -0.126. The van der Waals surface area contributed by atoms with Gasteiger partial charge in [0, 0.05) is 36.8 Å². The number of benzene rings is 1. The van der Waals surface area contributed by atoms with Gasteiger partial charge in [-0.05, 0) is 50.2 Å². The largest absolute Gasteiger partial charge is 0.356 e. The first-order valence-corrected chi connectivity index (χ1v) is 8.29. The number of nitrogens with zero attached hydrogens (tertiary/aromatic N) is 1. The van der Waals surface area contributed by atoms with E-state index in [9.17, 15) is 4.79 Å². The van der Waals surface area contributed by atoms with E-state index in [-0.39, 0.29) is 24.2 Å². The number of nitrogens with one attached hydrogen (secondary N) is 2. The maximum Gasteiger partial charge on any atom is 0.223 e. The molecule has 2 atom stereocenters. The molecule has 0 aliphatic carbocycles. The second-order valence-electron chi connectivity index (χ2n) is 6.29. The van der Waals surface area contributed by atoms with Crippen LogP contribution in [0.3, 0.4) is 0 Å². The van der Waals surface area contributed by atoms with Gasteiger partial charge in [0.1, 0.15) is 0 Å². The van der Waals surface area contributed by atoms with Crippen molar-refractivity contribution in [2.45, 2.75) is 38.8 Å². The fraction of sp³-hybridized carbons (Fsp3) is 0.500. The Labute approximate surface area is 144 Å². The van der Waals surface area contributed by atoms with Crippen molar-refractivity contribution >= 4 is 29.2 Å². The van der Waals surface area contributed by atoms with E-state index in [1.54, 1.807) is 0 Å². The molecule has 23 heavy (non-hydrogen) atoms. The quantitative estimate of drug-likeness (QED) is 0.825. The van der Waals surface area contributed by atoms with Crippen molar-refractivity contribution in [2.75, 3.05) is 13.1 Å². The van der Waals surface area contributed by atoms with Gasteiger partial charge in [-0.3, -0.25) is 4.79 Å². The van der Waals surface area contributed by atoms with Gasteiger partial charge in [0.25, 0.3) is 0 Å². The van der Waals surface area contributed by atoms with Crippen LogP contribution in [-0.2, 0) is 11.3 Å². The topological polar surface area (TPSA) is 46.1 Å². The second kappa shape index (κ2) is 8.37. The molecule has 0 unspecified atom stereocenters. The van der Waals surface area contributed by atoms with Crippen LogP contribution in [-0.4, -0.2) is 29.6 Å². The molecule has 3 rings (SSSR count). The number of halogens is 1. The average Bonchev–Trinajstić information content (AvgIpc) is 2.95. The SMILES string of the molecule is C[C@H]1C[C@@H](C(=O)NCCCn2ccc3ccccc32)CCN1.Cl. The normalized spacial score (nSPS) is 20.9. The van der Waals surface area contributed by atoms with E-state index in [1.165, 1.54) is 10.9 Å². The predicted molar refractivity (Wildman–Crippen MR) is 97.0 cm³/mol. The molecule has 2 aromatic rings. The van der Waals surface area contributed by atoms with Gasteiger partial charge in [-0.15, -0.1) is 12.4 Å². The number of hydrogen-bond donors (Lipinski definition) is 2. The van der Waals surface area contributed by atoms with Crippen molar-refractivity contribution < 1.29 is 4.79 Å². The van der Waals surface area contributed by atoms with Gasteiger partial charge < -0.3 is 15.2 Å². The molecule has 0 spiro atoms. The van der Waals surface area contributed by atoms with E-state index in [4.69, 9.17) is 0 Å². The minimum absolute atomic E-state index is 0. The molecule has 1 saturated heterocycles. The summed E-state index contributed by atoms with van der Waals surface area (Å²) in [5.41, 5.74) is 1.26. The van der Waals surface area contributed by atoms with Gasteiger partial charge in [-0.25, -0.2) is 0 Å². The molecule has 1 amide bonds.